The number of aliphatic carboxylic acids is 1. The van der Waals surface area contributed by atoms with Crippen LogP contribution in [0.4, 0.5) is 5.69 Å². The summed E-state index contributed by atoms with van der Waals surface area (Å²) in [6.45, 7) is 6.18. The minimum absolute atomic E-state index is 0.0419. The van der Waals surface area contributed by atoms with Gasteiger partial charge in [-0.1, -0.05) is 56.6 Å². The Kier molecular flexibility index (Phi) is 6.41. The van der Waals surface area contributed by atoms with Gasteiger partial charge in [-0.15, -0.1) is 0 Å². The van der Waals surface area contributed by atoms with E-state index in [9.17, 15) is 24.8 Å². The molecule has 0 aromatic heterocycles. The molecule has 1 amide bonds. The zero-order valence-corrected chi connectivity index (χ0v) is 16.5. The van der Waals surface area contributed by atoms with Crippen molar-refractivity contribution in [3.8, 4) is 0 Å². The van der Waals surface area contributed by atoms with Gasteiger partial charge in [0.2, 0.25) is 0 Å². The molecule has 2 rings (SSSR count). The molecule has 2 aromatic carbocycles. The molecule has 0 heterocycles. The van der Waals surface area contributed by atoms with Crippen molar-refractivity contribution in [3.63, 3.8) is 0 Å². The van der Waals surface area contributed by atoms with Gasteiger partial charge < -0.3 is 10.4 Å². The van der Waals surface area contributed by atoms with Crippen LogP contribution in [0.15, 0.2) is 42.5 Å². The lowest BCUT2D eigenvalue weighted by Crippen LogP contribution is -2.30. The minimum Gasteiger partial charge on any atom is -0.481 e. The van der Waals surface area contributed by atoms with E-state index in [-0.39, 0.29) is 28.1 Å². The van der Waals surface area contributed by atoms with Crippen molar-refractivity contribution in [2.75, 3.05) is 0 Å². The van der Waals surface area contributed by atoms with Crippen molar-refractivity contribution in [2.45, 2.75) is 38.6 Å². The van der Waals surface area contributed by atoms with Gasteiger partial charge in [0, 0.05) is 12.1 Å². The highest BCUT2D eigenvalue weighted by molar-refractivity contribution is 6.34. The summed E-state index contributed by atoms with van der Waals surface area (Å²) in [4.78, 5) is 34.2. The maximum absolute atomic E-state index is 12.6. The zero-order chi connectivity index (χ0) is 21.1. The first-order valence-electron chi connectivity index (χ1n) is 8.56. The molecule has 0 spiro atoms. The van der Waals surface area contributed by atoms with Crippen LogP contribution in [-0.4, -0.2) is 21.9 Å². The van der Waals surface area contributed by atoms with Gasteiger partial charge in [0.1, 0.15) is 0 Å². The highest BCUT2D eigenvalue weighted by Gasteiger charge is 2.23. The van der Waals surface area contributed by atoms with E-state index in [0.29, 0.717) is 5.56 Å². The largest absolute Gasteiger partial charge is 0.481 e. The van der Waals surface area contributed by atoms with Crippen molar-refractivity contribution < 1.29 is 19.6 Å². The fourth-order valence-electron chi connectivity index (χ4n) is 2.68. The van der Waals surface area contributed by atoms with Crippen LogP contribution in [0.1, 0.15) is 54.7 Å². The molecule has 1 atom stereocenters. The van der Waals surface area contributed by atoms with Crippen LogP contribution in [0.3, 0.4) is 0 Å². The smallest absolute Gasteiger partial charge is 0.305 e. The Bertz CT molecular complexity index is 904. The van der Waals surface area contributed by atoms with Gasteiger partial charge in [-0.25, -0.2) is 0 Å². The fourth-order valence-corrected chi connectivity index (χ4v) is 2.88. The maximum Gasteiger partial charge on any atom is 0.305 e. The Morgan fingerprint density at radius 2 is 1.79 bits per heavy atom. The zero-order valence-electron chi connectivity index (χ0n) is 15.7. The number of nitrogens with zero attached hydrogens (tertiary/aromatic N) is 1. The van der Waals surface area contributed by atoms with Gasteiger partial charge in [0.15, 0.2) is 0 Å². The van der Waals surface area contributed by atoms with Crippen molar-refractivity contribution in [2.24, 2.45) is 0 Å². The number of rotatable bonds is 6. The molecule has 0 fully saturated rings. The fraction of sp³-hybridized carbons (Fsp3) is 0.300. The normalized spacial score (nSPS) is 12.3. The van der Waals surface area contributed by atoms with Crippen LogP contribution in [0, 0.1) is 10.1 Å². The number of nitro groups is 1. The molecule has 0 aliphatic rings. The molecule has 0 bridgehead atoms. The van der Waals surface area contributed by atoms with E-state index < -0.39 is 22.8 Å². The highest BCUT2D eigenvalue weighted by Crippen LogP contribution is 2.27. The summed E-state index contributed by atoms with van der Waals surface area (Å²) in [7, 11) is 0. The molecule has 28 heavy (non-hydrogen) atoms. The molecule has 0 radical (unpaired) electrons. The average molecular weight is 405 g/mol. The summed E-state index contributed by atoms with van der Waals surface area (Å²) in [5.41, 5.74) is 1.25. The first kappa shape index (κ1) is 21.4. The Balaban J connectivity index is 2.32. The summed E-state index contributed by atoms with van der Waals surface area (Å²) in [6, 6.07) is 10.0. The number of halogens is 1. The van der Waals surface area contributed by atoms with Gasteiger partial charge in [0.05, 0.1) is 28.0 Å². The average Bonchev–Trinajstić information content (AvgIpc) is 2.60. The summed E-state index contributed by atoms with van der Waals surface area (Å²) in [5.74, 6) is -1.77. The number of carbonyl (C=O) groups excluding carboxylic acids is 1. The monoisotopic (exact) mass is 404 g/mol. The van der Waals surface area contributed by atoms with E-state index in [1.807, 2.05) is 12.1 Å². The molecule has 7 nitrogen and oxygen atoms in total. The topological polar surface area (TPSA) is 110 Å². The molecule has 148 valence electrons. The summed E-state index contributed by atoms with van der Waals surface area (Å²) < 4.78 is 0. The Labute approximate surface area is 167 Å². The van der Waals surface area contributed by atoms with Crippen molar-refractivity contribution in [1.29, 1.82) is 0 Å². The van der Waals surface area contributed by atoms with Crippen molar-refractivity contribution >= 4 is 29.2 Å². The third-order valence-corrected chi connectivity index (χ3v) is 4.60. The second-order valence-electron chi connectivity index (χ2n) is 7.42. The third kappa shape index (κ3) is 5.29. The second kappa shape index (κ2) is 8.39. The van der Waals surface area contributed by atoms with Crippen LogP contribution in [0.5, 0.6) is 0 Å². The van der Waals surface area contributed by atoms with Gasteiger partial charge in [-0.05, 0) is 22.6 Å². The number of hydrogen-bond acceptors (Lipinski definition) is 4. The molecular formula is C20H21ClN2O5. The number of carboxylic acids is 1. The molecule has 0 unspecified atom stereocenters. The highest BCUT2D eigenvalue weighted by atomic mass is 35.5. The number of amides is 1. The van der Waals surface area contributed by atoms with Crippen LogP contribution < -0.4 is 5.32 Å². The molecular weight excluding hydrogens is 384 g/mol. The minimum atomic E-state index is -1.09. The van der Waals surface area contributed by atoms with Crippen LogP contribution in [0.2, 0.25) is 5.02 Å². The molecule has 2 aromatic rings. The molecule has 0 aliphatic carbocycles. The first-order valence-corrected chi connectivity index (χ1v) is 8.94. The number of nitro benzene ring substituents is 1. The van der Waals surface area contributed by atoms with Gasteiger partial charge in [0.25, 0.3) is 11.6 Å². The van der Waals surface area contributed by atoms with Crippen LogP contribution >= 0.6 is 11.6 Å². The van der Waals surface area contributed by atoms with E-state index in [2.05, 4.69) is 26.1 Å². The van der Waals surface area contributed by atoms with E-state index in [4.69, 9.17) is 11.6 Å². The number of non-ortho nitro benzene ring substituents is 1. The van der Waals surface area contributed by atoms with Gasteiger partial charge >= 0.3 is 5.97 Å². The summed E-state index contributed by atoms with van der Waals surface area (Å²) in [5, 5.41) is 22.8. The van der Waals surface area contributed by atoms with E-state index in [0.717, 1.165) is 11.6 Å². The third-order valence-electron chi connectivity index (χ3n) is 4.27. The predicted octanol–water partition coefficient (Wildman–Crippen LogP) is 4.49. The van der Waals surface area contributed by atoms with E-state index in [1.54, 1.807) is 12.1 Å². The Morgan fingerprint density at radius 1 is 1.18 bits per heavy atom. The first-order chi connectivity index (χ1) is 13.0. The Hall–Kier alpha value is -2.93. The molecule has 0 saturated carbocycles. The number of hydrogen-bond donors (Lipinski definition) is 2. The number of carboxylic acid groups (broad SMARTS) is 1. The van der Waals surface area contributed by atoms with Crippen molar-refractivity contribution in [1.82, 2.24) is 5.32 Å². The maximum atomic E-state index is 12.6. The Morgan fingerprint density at radius 3 is 2.29 bits per heavy atom. The van der Waals surface area contributed by atoms with Crippen LogP contribution in [0.25, 0.3) is 0 Å². The quantitative estimate of drug-likeness (QED) is 0.544. The second-order valence-corrected chi connectivity index (χ2v) is 7.82. The van der Waals surface area contributed by atoms with Crippen molar-refractivity contribution in [3.05, 3.63) is 74.3 Å². The lowest BCUT2D eigenvalue weighted by molar-refractivity contribution is -0.384. The number of carbonyl (C=O) groups is 2. The molecule has 0 aliphatic heterocycles. The lowest BCUT2D eigenvalue weighted by atomic mass is 9.86. The van der Waals surface area contributed by atoms with Crippen LogP contribution in [-0.2, 0) is 10.2 Å². The van der Waals surface area contributed by atoms with E-state index >= 15 is 0 Å². The lowest BCUT2D eigenvalue weighted by Gasteiger charge is -2.22. The molecule has 8 heteroatoms. The van der Waals surface area contributed by atoms with E-state index in [1.165, 1.54) is 12.1 Å². The predicted molar refractivity (Wildman–Crippen MR) is 106 cm³/mol. The number of benzene rings is 2. The molecule has 2 N–H and O–H groups in total. The number of nitrogens with one attached hydrogen (secondary N) is 1. The summed E-state index contributed by atoms with van der Waals surface area (Å²) >= 11 is 6.00. The van der Waals surface area contributed by atoms with Gasteiger partial charge in [-0.3, -0.25) is 19.7 Å². The standard InChI is InChI=1S/C20H21ClN2O5/c1-20(2,3)13-6-4-12(5-7-13)17(11-18(24)25)22-19(26)15-10-14(23(27)28)8-9-16(15)21/h4-10,17H,11H2,1-3H3,(H,22,26)(H,24,25)/t17-/m0/s1. The van der Waals surface area contributed by atoms with Gasteiger partial charge in [-0.2, -0.15) is 0 Å². The summed E-state index contributed by atoms with van der Waals surface area (Å²) in [6.07, 6.45) is -0.340. The molecule has 0 saturated heterocycles. The SMILES string of the molecule is CC(C)(C)c1ccc([C@H](CC(=O)O)NC(=O)c2cc([N+](=O)[O-])ccc2Cl)cc1.